The highest BCUT2D eigenvalue weighted by molar-refractivity contribution is 6.06. The van der Waals surface area contributed by atoms with Gasteiger partial charge >= 0.3 is 0 Å². The number of fused-ring (bicyclic) bond motifs is 11. The third-order valence-corrected chi connectivity index (χ3v) is 13.6. The average Bonchev–Trinajstić information content (AvgIpc) is 4.06. The number of para-hydroxylation sites is 1. The van der Waals surface area contributed by atoms with Gasteiger partial charge in [0.2, 0.25) is 0 Å². The predicted octanol–water partition coefficient (Wildman–Crippen LogP) is 15.1. The first-order valence-electron chi connectivity index (χ1n) is 20.5. The third kappa shape index (κ3) is 4.96. The van der Waals surface area contributed by atoms with Gasteiger partial charge in [-0.1, -0.05) is 146 Å². The van der Waals surface area contributed by atoms with Gasteiger partial charge in [0.15, 0.2) is 0 Å². The van der Waals surface area contributed by atoms with Crippen molar-refractivity contribution in [1.82, 2.24) is 0 Å². The van der Waals surface area contributed by atoms with Gasteiger partial charge in [-0.3, -0.25) is 0 Å². The van der Waals surface area contributed by atoms with Crippen LogP contribution >= 0.6 is 0 Å². The molecule has 3 aliphatic carbocycles. The molecule has 2 bridgehead atoms. The van der Waals surface area contributed by atoms with E-state index in [1.165, 1.54) is 70.2 Å². The molecule has 12 rings (SSSR count). The summed E-state index contributed by atoms with van der Waals surface area (Å²) in [5.74, 6) is 1.59. The Morgan fingerprint density at radius 1 is 0.456 bits per heavy atom. The van der Waals surface area contributed by atoms with E-state index < -0.39 is 0 Å². The number of furan rings is 1. The van der Waals surface area contributed by atoms with Crippen molar-refractivity contribution in [2.45, 2.75) is 31.1 Å². The number of benzene rings is 8. The summed E-state index contributed by atoms with van der Waals surface area (Å²) in [4.78, 5) is 2.41. The van der Waals surface area contributed by atoms with Gasteiger partial charge in [-0.2, -0.15) is 0 Å². The molecule has 8 aromatic carbocycles. The molecule has 2 heteroatoms. The molecular weight excluding hydrogens is 691 g/mol. The highest BCUT2D eigenvalue weighted by Gasteiger charge is 2.56. The summed E-state index contributed by atoms with van der Waals surface area (Å²) < 4.78 is 6.49. The highest BCUT2D eigenvalue weighted by Crippen LogP contribution is 2.66. The lowest BCUT2D eigenvalue weighted by Crippen LogP contribution is -2.31. The van der Waals surface area contributed by atoms with Crippen molar-refractivity contribution in [3.05, 3.63) is 199 Å². The average molecular weight is 732 g/mol. The Bertz CT molecular complexity index is 2980. The van der Waals surface area contributed by atoms with Gasteiger partial charge < -0.3 is 9.32 Å². The van der Waals surface area contributed by atoms with Gasteiger partial charge in [-0.05, 0) is 124 Å². The van der Waals surface area contributed by atoms with E-state index in [1.54, 1.807) is 11.1 Å². The lowest BCUT2D eigenvalue weighted by atomic mass is 9.66. The molecule has 9 aromatic rings. The second kappa shape index (κ2) is 12.7. The molecule has 0 saturated heterocycles. The molecule has 3 unspecified atom stereocenters. The normalized spacial score (nSPS) is 19.0. The molecule has 272 valence electrons. The second-order valence-electron chi connectivity index (χ2n) is 16.5. The SMILES string of the molecule is c1ccc(-c2ccc(N(c3ccc(-c4cccc5c4-c4ccccc4C54CC5CCC4C5)cc3)c3ccc4c(c3)oc3ccccc34)c(-c3ccccc3)c2)cc1. The van der Waals surface area contributed by atoms with Crippen molar-refractivity contribution in [2.75, 3.05) is 4.90 Å². The molecule has 0 amide bonds. The standard InChI is InChI=1S/C55H41NO/c1-3-12-37(13-4-1)40-25-31-51(48(33-40)38-14-5-2-6-15-38)56(43-29-30-46-45-16-8-10-21-52(45)57-53(46)34-43)42-27-23-39(24-28-42)44-18-11-20-50-54(44)47-17-7-9-19-49(47)55(50)35-36-22-26-41(55)32-36/h1-21,23-25,27-31,33-34,36,41H,22,26,32,35H2. The maximum Gasteiger partial charge on any atom is 0.137 e. The smallest absolute Gasteiger partial charge is 0.137 e. The number of hydrogen-bond acceptors (Lipinski definition) is 2. The first-order valence-corrected chi connectivity index (χ1v) is 20.5. The fourth-order valence-corrected chi connectivity index (χ4v) is 11.1. The maximum absolute atomic E-state index is 6.49. The van der Waals surface area contributed by atoms with Crippen LogP contribution in [0.1, 0.15) is 36.8 Å². The van der Waals surface area contributed by atoms with Crippen LogP contribution in [0.15, 0.2) is 192 Å². The van der Waals surface area contributed by atoms with E-state index in [-0.39, 0.29) is 5.41 Å². The molecule has 0 aliphatic heterocycles. The van der Waals surface area contributed by atoms with Crippen LogP contribution in [0.4, 0.5) is 17.1 Å². The summed E-state index contributed by atoms with van der Waals surface area (Å²) in [6, 6.07) is 69.1. The van der Waals surface area contributed by atoms with Crippen molar-refractivity contribution < 1.29 is 4.42 Å². The topological polar surface area (TPSA) is 16.4 Å². The number of nitrogens with zero attached hydrogens (tertiary/aromatic N) is 1. The highest BCUT2D eigenvalue weighted by atomic mass is 16.3. The van der Waals surface area contributed by atoms with Crippen LogP contribution in [-0.4, -0.2) is 0 Å². The molecule has 0 N–H and O–H groups in total. The van der Waals surface area contributed by atoms with E-state index in [9.17, 15) is 0 Å². The van der Waals surface area contributed by atoms with Crippen LogP contribution in [-0.2, 0) is 5.41 Å². The fraction of sp³-hybridized carbons (Fsp3) is 0.127. The van der Waals surface area contributed by atoms with Crippen molar-refractivity contribution in [2.24, 2.45) is 11.8 Å². The number of anilines is 3. The molecule has 0 radical (unpaired) electrons. The number of hydrogen-bond donors (Lipinski definition) is 0. The van der Waals surface area contributed by atoms with Gasteiger partial charge in [-0.25, -0.2) is 0 Å². The Kier molecular flexibility index (Phi) is 7.26. The molecular formula is C55H41NO. The van der Waals surface area contributed by atoms with E-state index in [0.29, 0.717) is 0 Å². The molecule has 1 aromatic heterocycles. The van der Waals surface area contributed by atoms with E-state index in [2.05, 4.69) is 187 Å². The molecule has 2 fully saturated rings. The predicted molar refractivity (Wildman–Crippen MR) is 236 cm³/mol. The molecule has 57 heavy (non-hydrogen) atoms. The van der Waals surface area contributed by atoms with E-state index in [0.717, 1.165) is 50.8 Å². The van der Waals surface area contributed by atoms with E-state index in [1.807, 2.05) is 6.07 Å². The first kappa shape index (κ1) is 32.6. The fourth-order valence-electron chi connectivity index (χ4n) is 11.1. The molecule has 2 nitrogen and oxygen atoms in total. The Morgan fingerprint density at radius 2 is 1.12 bits per heavy atom. The summed E-state index contributed by atoms with van der Waals surface area (Å²) in [5.41, 5.74) is 18.5. The molecule has 3 aliphatic rings. The summed E-state index contributed by atoms with van der Waals surface area (Å²) in [6.45, 7) is 0. The minimum absolute atomic E-state index is 0.163. The Labute approximate surface area is 333 Å². The monoisotopic (exact) mass is 731 g/mol. The summed E-state index contributed by atoms with van der Waals surface area (Å²) in [6.07, 6.45) is 5.41. The largest absolute Gasteiger partial charge is 0.456 e. The lowest BCUT2D eigenvalue weighted by Gasteiger charge is -2.36. The van der Waals surface area contributed by atoms with Crippen LogP contribution < -0.4 is 4.90 Å². The van der Waals surface area contributed by atoms with Gasteiger partial charge in [0, 0.05) is 39.2 Å². The van der Waals surface area contributed by atoms with Crippen molar-refractivity contribution >= 4 is 39.0 Å². The van der Waals surface area contributed by atoms with Gasteiger partial charge in [0.1, 0.15) is 11.2 Å². The Morgan fingerprint density at radius 3 is 1.93 bits per heavy atom. The van der Waals surface area contributed by atoms with E-state index >= 15 is 0 Å². The first-order chi connectivity index (χ1) is 28.2. The molecule has 2 saturated carbocycles. The van der Waals surface area contributed by atoms with Crippen LogP contribution in [0.25, 0.3) is 66.4 Å². The van der Waals surface area contributed by atoms with Crippen LogP contribution in [0.2, 0.25) is 0 Å². The lowest BCUT2D eigenvalue weighted by molar-refractivity contribution is 0.327. The van der Waals surface area contributed by atoms with Crippen LogP contribution in [0.3, 0.4) is 0 Å². The molecule has 1 spiro atoms. The zero-order valence-corrected chi connectivity index (χ0v) is 31.7. The van der Waals surface area contributed by atoms with Crippen molar-refractivity contribution in [3.8, 4) is 44.5 Å². The van der Waals surface area contributed by atoms with Crippen LogP contribution in [0.5, 0.6) is 0 Å². The second-order valence-corrected chi connectivity index (χ2v) is 16.5. The Balaban J connectivity index is 1.03. The van der Waals surface area contributed by atoms with Crippen molar-refractivity contribution in [1.29, 1.82) is 0 Å². The molecule has 1 heterocycles. The van der Waals surface area contributed by atoms with Gasteiger partial charge in [0.05, 0.1) is 5.69 Å². The minimum atomic E-state index is 0.163. The zero-order chi connectivity index (χ0) is 37.5. The minimum Gasteiger partial charge on any atom is -0.456 e. The summed E-state index contributed by atoms with van der Waals surface area (Å²) in [5, 5.41) is 2.26. The third-order valence-electron chi connectivity index (χ3n) is 13.6. The van der Waals surface area contributed by atoms with E-state index in [4.69, 9.17) is 4.42 Å². The Hall–Kier alpha value is -6.64. The summed E-state index contributed by atoms with van der Waals surface area (Å²) >= 11 is 0. The van der Waals surface area contributed by atoms with Gasteiger partial charge in [-0.15, -0.1) is 0 Å². The molecule has 3 atom stereocenters. The van der Waals surface area contributed by atoms with Crippen molar-refractivity contribution in [3.63, 3.8) is 0 Å². The maximum atomic E-state index is 6.49. The number of rotatable bonds is 6. The van der Waals surface area contributed by atoms with Crippen LogP contribution in [0, 0.1) is 11.8 Å². The van der Waals surface area contributed by atoms with Gasteiger partial charge in [0.25, 0.3) is 0 Å². The summed E-state index contributed by atoms with van der Waals surface area (Å²) in [7, 11) is 0. The zero-order valence-electron chi connectivity index (χ0n) is 31.7. The quantitative estimate of drug-likeness (QED) is 0.169.